The molecule has 0 fully saturated rings. The highest BCUT2D eigenvalue weighted by atomic mass is 32.1. The number of nitro benzene ring substituents is 1. The number of anilines is 1. The molecule has 114 valence electrons. The fourth-order valence-corrected chi connectivity index (χ4v) is 2.86. The highest BCUT2D eigenvalue weighted by Crippen LogP contribution is 2.25. The van der Waals surface area contributed by atoms with Crippen molar-refractivity contribution >= 4 is 28.6 Å². The van der Waals surface area contributed by atoms with Crippen molar-refractivity contribution in [1.82, 2.24) is 0 Å². The summed E-state index contributed by atoms with van der Waals surface area (Å²) in [5.74, 6) is -0.303. The number of hydrogen-bond donors (Lipinski definition) is 1. The fraction of sp³-hybridized carbons (Fsp3) is 0. The Morgan fingerprint density at radius 1 is 1.04 bits per heavy atom. The minimum absolute atomic E-state index is 0.0594. The zero-order chi connectivity index (χ0) is 16.2. The van der Waals surface area contributed by atoms with Crippen molar-refractivity contribution in [2.45, 2.75) is 0 Å². The van der Waals surface area contributed by atoms with E-state index >= 15 is 0 Å². The van der Waals surface area contributed by atoms with Crippen molar-refractivity contribution in [2.24, 2.45) is 0 Å². The minimum Gasteiger partial charge on any atom is -0.322 e. The van der Waals surface area contributed by atoms with Crippen LogP contribution in [0.25, 0.3) is 10.4 Å². The lowest BCUT2D eigenvalue weighted by molar-refractivity contribution is -0.384. The number of rotatable bonds is 4. The Balaban J connectivity index is 1.76. The highest BCUT2D eigenvalue weighted by molar-refractivity contribution is 7.13. The smallest absolute Gasteiger partial charge is 0.271 e. The molecule has 23 heavy (non-hydrogen) atoms. The second kappa shape index (κ2) is 6.41. The normalized spacial score (nSPS) is 10.3. The van der Waals surface area contributed by atoms with Gasteiger partial charge in [0.15, 0.2) is 0 Å². The number of non-ortho nitro benzene ring substituents is 1. The zero-order valence-electron chi connectivity index (χ0n) is 11.9. The molecule has 0 aliphatic heterocycles. The molecule has 0 aliphatic carbocycles. The van der Waals surface area contributed by atoms with E-state index in [9.17, 15) is 14.9 Å². The molecular formula is C17H12N2O3S. The van der Waals surface area contributed by atoms with Crippen molar-refractivity contribution in [1.29, 1.82) is 0 Å². The standard InChI is InChI=1S/C17H12N2O3S/c20-17(18-14-3-1-4-15(11-14)19(21)22)13-8-6-12(7-9-13)16-5-2-10-23-16/h1-11H,(H,18,20). The molecule has 3 aromatic rings. The third kappa shape index (κ3) is 3.44. The van der Waals surface area contributed by atoms with E-state index in [1.807, 2.05) is 29.6 Å². The minimum atomic E-state index is -0.495. The monoisotopic (exact) mass is 324 g/mol. The zero-order valence-corrected chi connectivity index (χ0v) is 12.7. The van der Waals surface area contributed by atoms with E-state index in [0.717, 1.165) is 10.4 Å². The van der Waals surface area contributed by atoms with Crippen LogP contribution in [0.3, 0.4) is 0 Å². The van der Waals surface area contributed by atoms with Gasteiger partial charge in [-0.1, -0.05) is 24.3 Å². The Bertz CT molecular complexity index is 843. The van der Waals surface area contributed by atoms with Crippen molar-refractivity contribution in [3.63, 3.8) is 0 Å². The first kappa shape index (κ1) is 14.9. The summed E-state index contributed by atoms with van der Waals surface area (Å²) in [5, 5.41) is 15.4. The van der Waals surface area contributed by atoms with Crippen LogP contribution in [-0.4, -0.2) is 10.8 Å². The molecule has 0 unspecified atom stereocenters. The third-order valence-corrected chi connectivity index (χ3v) is 4.19. The van der Waals surface area contributed by atoms with E-state index in [2.05, 4.69) is 5.32 Å². The maximum absolute atomic E-state index is 12.2. The van der Waals surface area contributed by atoms with Gasteiger partial charge in [-0.3, -0.25) is 14.9 Å². The largest absolute Gasteiger partial charge is 0.322 e. The predicted molar refractivity (Wildman–Crippen MR) is 90.8 cm³/mol. The number of hydrogen-bond acceptors (Lipinski definition) is 4. The van der Waals surface area contributed by atoms with Crippen LogP contribution in [0.4, 0.5) is 11.4 Å². The average Bonchev–Trinajstić information content (AvgIpc) is 3.09. The molecule has 0 saturated heterocycles. The number of benzene rings is 2. The summed E-state index contributed by atoms with van der Waals surface area (Å²) < 4.78 is 0. The third-order valence-electron chi connectivity index (χ3n) is 3.27. The van der Waals surface area contributed by atoms with Crippen LogP contribution in [0.5, 0.6) is 0 Å². The van der Waals surface area contributed by atoms with Crippen molar-refractivity contribution in [3.05, 3.63) is 81.7 Å². The number of thiophene rings is 1. The SMILES string of the molecule is O=C(Nc1cccc([N+](=O)[O-])c1)c1ccc(-c2cccs2)cc1. The first-order valence-electron chi connectivity index (χ1n) is 6.83. The Morgan fingerprint density at radius 2 is 1.83 bits per heavy atom. The molecule has 0 spiro atoms. The van der Waals surface area contributed by atoms with E-state index in [1.165, 1.54) is 18.2 Å². The summed E-state index contributed by atoms with van der Waals surface area (Å²) in [6.07, 6.45) is 0. The average molecular weight is 324 g/mol. The van der Waals surface area contributed by atoms with Crippen molar-refractivity contribution in [3.8, 4) is 10.4 Å². The lowest BCUT2D eigenvalue weighted by Gasteiger charge is -2.06. The van der Waals surface area contributed by atoms with Gasteiger partial charge in [-0.2, -0.15) is 0 Å². The molecule has 1 N–H and O–H groups in total. The van der Waals surface area contributed by atoms with Crippen LogP contribution < -0.4 is 5.32 Å². The Labute approximate surface area is 136 Å². The number of nitrogens with zero attached hydrogens (tertiary/aromatic N) is 1. The number of carbonyl (C=O) groups is 1. The van der Waals surface area contributed by atoms with Gasteiger partial charge in [0.05, 0.1) is 4.92 Å². The van der Waals surface area contributed by atoms with Gasteiger partial charge in [0.2, 0.25) is 0 Å². The summed E-state index contributed by atoms with van der Waals surface area (Å²) >= 11 is 1.63. The first-order chi connectivity index (χ1) is 11.1. The van der Waals surface area contributed by atoms with Gasteiger partial charge in [0.1, 0.15) is 0 Å². The van der Waals surface area contributed by atoms with E-state index in [-0.39, 0.29) is 11.6 Å². The molecular weight excluding hydrogens is 312 g/mol. The molecule has 0 aliphatic rings. The molecule has 3 rings (SSSR count). The first-order valence-corrected chi connectivity index (χ1v) is 7.71. The Morgan fingerprint density at radius 3 is 2.48 bits per heavy atom. The molecule has 0 bridgehead atoms. The summed E-state index contributed by atoms with van der Waals surface area (Å²) in [5.41, 5.74) is 1.88. The second-order valence-corrected chi connectivity index (χ2v) is 5.76. The van der Waals surface area contributed by atoms with Gasteiger partial charge < -0.3 is 5.32 Å². The Kier molecular flexibility index (Phi) is 4.16. The van der Waals surface area contributed by atoms with Gasteiger partial charge in [-0.05, 0) is 35.2 Å². The maximum atomic E-state index is 12.2. The van der Waals surface area contributed by atoms with Crippen LogP contribution in [0, 0.1) is 10.1 Å². The second-order valence-electron chi connectivity index (χ2n) is 4.82. The lowest BCUT2D eigenvalue weighted by atomic mass is 10.1. The van der Waals surface area contributed by atoms with Crippen molar-refractivity contribution in [2.75, 3.05) is 5.32 Å². The van der Waals surface area contributed by atoms with E-state index < -0.39 is 4.92 Å². The molecule has 0 saturated carbocycles. The van der Waals surface area contributed by atoms with Gasteiger partial charge >= 0.3 is 0 Å². The lowest BCUT2D eigenvalue weighted by Crippen LogP contribution is -2.11. The summed E-state index contributed by atoms with van der Waals surface area (Å²) in [6, 6.07) is 17.1. The number of nitro groups is 1. The van der Waals surface area contributed by atoms with Crippen LogP contribution in [0.15, 0.2) is 66.0 Å². The van der Waals surface area contributed by atoms with Crippen LogP contribution >= 0.6 is 11.3 Å². The summed E-state index contributed by atoms with van der Waals surface area (Å²) in [4.78, 5) is 23.6. The number of carbonyl (C=O) groups excluding carboxylic acids is 1. The van der Waals surface area contributed by atoms with Crippen LogP contribution in [0.1, 0.15) is 10.4 Å². The summed E-state index contributed by atoms with van der Waals surface area (Å²) in [6.45, 7) is 0. The molecule has 0 radical (unpaired) electrons. The van der Waals surface area contributed by atoms with Gasteiger partial charge in [-0.15, -0.1) is 11.3 Å². The molecule has 1 amide bonds. The van der Waals surface area contributed by atoms with Gasteiger partial charge in [0.25, 0.3) is 11.6 Å². The highest BCUT2D eigenvalue weighted by Gasteiger charge is 2.10. The van der Waals surface area contributed by atoms with Gasteiger partial charge in [-0.25, -0.2) is 0 Å². The number of nitrogens with one attached hydrogen (secondary N) is 1. The molecule has 6 heteroatoms. The van der Waals surface area contributed by atoms with E-state index in [0.29, 0.717) is 11.3 Å². The molecule has 0 atom stereocenters. The Hall–Kier alpha value is -2.99. The van der Waals surface area contributed by atoms with E-state index in [4.69, 9.17) is 0 Å². The fourth-order valence-electron chi connectivity index (χ4n) is 2.13. The van der Waals surface area contributed by atoms with Crippen molar-refractivity contribution < 1.29 is 9.72 Å². The summed E-state index contributed by atoms with van der Waals surface area (Å²) in [7, 11) is 0. The molecule has 1 heterocycles. The molecule has 2 aromatic carbocycles. The maximum Gasteiger partial charge on any atom is 0.271 e. The number of amides is 1. The predicted octanol–water partition coefficient (Wildman–Crippen LogP) is 4.58. The quantitative estimate of drug-likeness (QED) is 0.564. The van der Waals surface area contributed by atoms with Gasteiger partial charge in [0, 0.05) is 28.3 Å². The van der Waals surface area contributed by atoms with Crippen LogP contribution in [0.2, 0.25) is 0 Å². The molecule has 5 nitrogen and oxygen atoms in total. The van der Waals surface area contributed by atoms with E-state index in [1.54, 1.807) is 29.5 Å². The molecule has 1 aromatic heterocycles. The van der Waals surface area contributed by atoms with Crippen LogP contribution in [-0.2, 0) is 0 Å². The topological polar surface area (TPSA) is 72.2 Å².